The van der Waals surface area contributed by atoms with Crippen LogP contribution in [0.4, 0.5) is 0 Å². The second-order valence-corrected chi connectivity index (χ2v) is 7.85. The molecule has 1 aliphatic rings. The summed E-state index contributed by atoms with van der Waals surface area (Å²) < 4.78 is 0. The van der Waals surface area contributed by atoms with E-state index in [-0.39, 0.29) is 5.41 Å². The highest BCUT2D eigenvalue weighted by Crippen LogP contribution is 2.25. The molecule has 0 saturated carbocycles. The largest absolute Gasteiger partial charge is 0.351 e. The third-order valence-electron chi connectivity index (χ3n) is 3.79. The SMILES string of the molecule is CN=C(NCc1csc(C(C)(C)C)n1)N1CCCC(C)C1. The van der Waals surface area contributed by atoms with E-state index in [0.717, 1.165) is 37.2 Å². The molecule has 1 saturated heterocycles. The molecule has 0 amide bonds. The number of rotatable bonds is 2. The van der Waals surface area contributed by atoms with E-state index in [1.807, 2.05) is 7.05 Å². The van der Waals surface area contributed by atoms with E-state index in [1.54, 1.807) is 11.3 Å². The van der Waals surface area contributed by atoms with Gasteiger partial charge in [0.2, 0.25) is 0 Å². The van der Waals surface area contributed by atoms with Crippen molar-refractivity contribution in [3.05, 3.63) is 16.1 Å². The number of hydrogen-bond acceptors (Lipinski definition) is 3. The van der Waals surface area contributed by atoms with Crippen LogP contribution in [0.15, 0.2) is 10.4 Å². The molecule has 2 rings (SSSR count). The lowest BCUT2D eigenvalue weighted by Crippen LogP contribution is -2.45. The van der Waals surface area contributed by atoms with Gasteiger partial charge in [0.25, 0.3) is 0 Å². The highest BCUT2D eigenvalue weighted by atomic mass is 32.1. The number of piperidine rings is 1. The van der Waals surface area contributed by atoms with E-state index >= 15 is 0 Å². The van der Waals surface area contributed by atoms with Crippen LogP contribution in [0, 0.1) is 5.92 Å². The average molecular weight is 308 g/mol. The minimum atomic E-state index is 0.132. The van der Waals surface area contributed by atoms with Gasteiger partial charge < -0.3 is 10.2 Å². The highest BCUT2D eigenvalue weighted by molar-refractivity contribution is 7.09. The summed E-state index contributed by atoms with van der Waals surface area (Å²) in [7, 11) is 1.86. The third kappa shape index (κ3) is 4.43. The Morgan fingerprint density at radius 2 is 2.29 bits per heavy atom. The average Bonchev–Trinajstić information content (AvgIpc) is 2.88. The minimum absolute atomic E-state index is 0.132. The maximum atomic E-state index is 4.73. The Morgan fingerprint density at radius 3 is 2.86 bits per heavy atom. The molecule has 1 atom stereocenters. The molecule has 5 heteroatoms. The van der Waals surface area contributed by atoms with Gasteiger partial charge >= 0.3 is 0 Å². The van der Waals surface area contributed by atoms with Crippen LogP contribution in [-0.2, 0) is 12.0 Å². The lowest BCUT2D eigenvalue weighted by Gasteiger charge is -2.33. The number of hydrogen-bond donors (Lipinski definition) is 1. The van der Waals surface area contributed by atoms with Gasteiger partial charge in [0.15, 0.2) is 5.96 Å². The fraction of sp³-hybridized carbons (Fsp3) is 0.750. The Bertz CT molecular complexity index is 487. The molecule has 4 nitrogen and oxygen atoms in total. The Balaban J connectivity index is 1.93. The predicted octanol–water partition coefficient (Wildman–Crippen LogP) is 3.25. The van der Waals surface area contributed by atoms with Gasteiger partial charge in [-0.1, -0.05) is 27.7 Å². The summed E-state index contributed by atoms with van der Waals surface area (Å²) in [5.41, 5.74) is 1.24. The molecule has 1 aromatic heterocycles. The van der Waals surface area contributed by atoms with E-state index < -0.39 is 0 Å². The summed E-state index contributed by atoms with van der Waals surface area (Å²) in [6.45, 7) is 11.9. The zero-order chi connectivity index (χ0) is 15.5. The van der Waals surface area contributed by atoms with Crippen LogP contribution in [0.3, 0.4) is 0 Å². The van der Waals surface area contributed by atoms with E-state index in [4.69, 9.17) is 4.98 Å². The Morgan fingerprint density at radius 1 is 1.52 bits per heavy atom. The summed E-state index contributed by atoms with van der Waals surface area (Å²) in [4.78, 5) is 11.5. The fourth-order valence-corrected chi connectivity index (χ4v) is 3.52. The zero-order valence-corrected chi connectivity index (χ0v) is 14.8. The first-order chi connectivity index (χ1) is 9.90. The van der Waals surface area contributed by atoms with E-state index in [9.17, 15) is 0 Å². The number of thiazole rings is 1. The first-order valence-corrected chi connectivity index (χ1v) is 8.68. The van der Waals surface area contributed by atoms with Crippen LogP contribution in [-0.4, -0.2) is 36.0 Å². The van der Waals surface area contributed by atoms with Crippen molar-refractivity contribution in [2.75, 3.05) is 20.1 Å². The molecular weight excluding hydrogens is 280 g/mol. The summed E-state index contributed by atoms with van der Waals surface area (Å²) in [6.07, 6.45) is 2.58. The van der Waals surface area contributed by atoms with Crippen molar-refractivity contribution in [3.63, 3.8) is 0 Å². The molecule has 0 aliphatic carbocycles. The molecule has 0 bridgehead atoms. The summed E-state index contributed by atoms with van der Waals surface area (Å²) >= 11 is 1.75. The molecule has 1 unspecified atom stereocenters. The number of aliphatic imine (C=N–C) groups is 1. The van der Waals surface area contributed by atoms with Crippen LogP contribution >= 0.6 is 11.3 Å². The molecule has 0 radical (unpaired) electrons. The second-order valence-electron chi connectivity index (χ2n) is 6.99. The van der Waals surface area contributed by atoms with Gasteiger partial charge in [-0.2, -0.15) is 0 Å². The topological polar surface area (TPSA) is 40.5 Å². The van der Waals surface area contributed by atoms with Crippen molar-refractivity contribution in [2.45, 2.75) is 52.5 Å². The van der Waals surface area contributed by atoms with E-state index in [2.05, 4.69) is 48.3 Å². The number of nitrogens with zero attached hydrogens (tertiary/aromatic N) is 3. The molecule has 0 aromatic carbocycles. The van der Waals surface area contributed by atoms with Crippen molar-refractivity contribution in [3.8, 4) is 0 Å². The number of guanidine groups is 1. The number of likely N-dealkylation sites (tertiary alicyclic amines) is 1. The smallest absolute Gasteiger partial charge is 0.193 e. The van der Waals surface area contributed by atoms with Gasteiger partial charge in [-0.25, -0.2) is 4.98 Å². The molecule has 0 spiro atoms. The lowest BCUT2D eigenvalue weighted by molar-refractivity contribution is 0.266. The Hall–Kier alpha value is -1.10. The zero-order valence-electron chi connectivity index (χ0n) is 13.9. The summed E-state index contributed by atoms with van der Waals surface area (Å²) in [5.74, 6) is 1.76. The number of nitrogens with one attached hydrogen (secondary N) is 1. The lowest BCUT2D eigenvalue weighted by atomic mass is 9.98. The van der Waals surface area contributed by atoms with Crippen LogP contribution < -0.4 is 5.32 Å². The normalized spacial score (nSPS) is 20.7. The summed E-state index contributed by atoms with van der Waals surface area (Å²) in [5, 5.41) is 6.81. The third-order valence-corrected chi connectivity index (χ3v) is 5.11. The molecule has 2 heterocycles. The predicted molar refractivity (Wildman–Crippen MR) is 91.0 cm³/mol. The highest BCUT2D eigenvalue weighted by Gasteiger charge is 2.20. The van der Waals surface area contributed by atoms with Gasteiger partial charge in [-0.3, -0.25) is 4.99 Å². The van der Waals surface area contributed by atoms with Crippen molar-refractivity contribution < 1.29 is 0 Å². The first kappa shape index (κ1) is 16.3. The monoisotopic (exact) mass is 308 g/mol. The molecular formula is C16H28N4S. The molecule has 1 fully saturated rings. The van der Waals surface area contributed by atoms with Crippen molar-refractivity contribution in [1.29, 1.82) is 0 Å². The fourth-order valence-electron chi connectivity index (χ4n) is 2.62. The Kier molecular flexibility index (Phi) is 5.25. The second kappa shape index (κ2) is 6.77. The standard InChI is InChI=1S/C16H28N4S/c1-12-7-6-8-20(10-12)15(17-5)18-9-13-11-21-14(19-13)16(2,3)4/h11-12H,6-10H2,1-5H3,(H,17,18). The van der Waals surface area contributed by atoms with Crippen molar-refractivity contribution >= 4 is 17.3 Å². The van der Waals surface area contributed by atoms with Gasteiger partial charge in [0.05, 0.1) is 17.2 Å². The Labute approximate surface area is 132 Å². The molecule has 1 aromatic rings. The maximum absolute atomic E-state index is 4.73. The molecule has 118 valence electrons. The van der Waals surface area contributed by atoms with Crippen molar-refractivity contribution in [1.82, 2.24) is 15.2 Å². The van der Waals surface area contributed by atoms with Gasteiger partial charge in [-0.05, 0) is 18.8 Å². The van der Waals surface area contributed by atoms with E-state index in [0.29, 0.717) is 0 Å². The van der Waals surface area contributed by atoms with Gasteiger partial charge in [-0.15, -0.1) is 11.3 Å². The minimum Gasteiger partial charge on any atom is -0.351 e. The van der Waals surface area contributed by atoms with Crippen LogP contribution in [0.1, 0.15) is 51.2 Å². The first-order valence-electron chi connectivity index (χ1n) is 7.80. The quantitative estimate of drug-likeness (QED) is 0.673. The van der Waals surface area contributed by atoms with E-state index in [1.165, 1.54) is 17.8 Å². The van der Waals surface area contributed by atoms with Gasteiger partial charge in [0.1, 0.15) is 0 Å². The van der Waals surface area contributed by atoms with Crippen LogP contribution in [0.2, 0.25) is 0 Å². The van der Waals surface area contributed by atoms with Crippen LogP contribution in [0.5, 0.6) is 0 Å². The van der Waals surface area contributed by atoms with Gasteiger partial charge in [0, 0.05) is 30.9 Å². The van der Waals surface area contributed by atoms with Crippen molar-refractivity contribution in [2.24, 2.45) is 10.9 Å². The molecule has 1 aliphatic heterocycles. The molecule has 21 heavy (non-hydrogen) atoms. The maximum Gasteiger partial charge on any atom is 0.193 e. The number of aromatic nitrogens is 1. The summed E-state index contributed by atoms with van der Waals surface area (Å²) in [6, 6.07) is 0. The van der Waals surface area contributed by atoms with Crippen LogP contribution in [0.25, 0.3) is 0 Å². The molecule has 1 N–H and O–H groups in total.